The van der Waals surface area contributed by atoms with Gasteiger partial charge in [0.1, 0.15) is 0 Å². The summed E-state index contributed by atoms with van der Waals surface area (Å²) in [7, 11) is 0. The molecule has 3 aromatic rings. The van der Waals surface area contributed by atoms with E-state index in [9.17, 15) is 9.59 Å². The van der Waals surface area contributed by atoms with Crippen LogP contribution in [0.15, 0.2) is 71.2 Å². The number of rotatable bonds is 4. The molecular weight excluding hydrogens is 428 g/mol. The topological polar surface area (TPSA) is 70.0 Å². The van der Waals surface area contributed by atoms with Crippen molar-refractivity contribution in [2.45, 2.75) is 0 Å². The van der Waals surface area contributed by atoms with Crippen molar-refractivity contribution in [2.75, 3.05) is 5.32 Å². The van der Waals surface area contributed by atoms with E-state index in [1.165, 1.54) is 0 Å². The van der Waals surface area contributed by atoms with Crippen LogP contribution in [-0.4, -0.2) is 11.7 Å². The third kappa shape index (κ3) is 4.25. The maximum absolute atomic E-state index is 12.9. The van der Waals surface area contributed by atoms with Gasteiger partial charge in [-0.2, -0.15) is 5.26 Å². The highest BCUT2D eigenvalue weighted by atomic mass is 79.9. The molecule has 0 aromatic heterocycles. The SMILES string of the molecule is N#Cc1ccc(C(=O)Nc2cc(Br)ccc2C(=O)c2ccccc2Cl)cc1. The summed E-state index contributed by atoms with van der Waals surface area (Å²) in [4.78, 5) is 25.5. The van der Waals surface area contributed by atoms with Gasteiger partial charge in [0.05, 0.1) is 22.3 Å². The highest BCUT2D eigenvalue weighted by Gasteiger charge is 2.18. The number of anilines is 1. The number of amides is 1. The van der Waals surface area contributed by atoms with Crippen molar-refractivity contribution in [1.29, 1.82) is 5.26 Å². The van der Waals surface area contributed by atoms with Gasteiger partial charge in [-0.05, 0) is 54.6 Å². The fourth-order valence-corrected chi connectivity index (χ4v) is 3.08. The number of nitriles is 1. The molecule has 0 aliphatic carbocycles. The molecule has 1 N–H and O–H groups in total. The quantitative estimate of drug-likeness (QED) is 0.549. The highest BCUT2D eigenvalue weighted by molar-refractivity contribution is 9.10. The maximum atomic E-state index is 12.9. The molecule has 3 aromatic carbocycles. The molecule has 27 heavy (non-hydrogen) atoms. The number of nitrogens with zero attached hydrogens (tertiary/aromatic N) is 1. The molecule has 6 heteroatoms. The molecule has 0 radical (unpaired) electrons. The first kappa shape index (κ1) is 18.8. The Morgan fingerprint density at radius 2 is 1.67 bits per heavy atom. The van der Waals surface area contributed by atoms with Gasteiger partial charge < -0.3 is 5.32 Å². The lowest BCUT2D eigenvalue weighted by Gasteiger charge is -2.12. The minimum Gasteiger partial charge on any atom is -0.321 e. The predicted molar refractivity (Wildman–Crippen MR) is 108 cm³/mol. The number of carbonyl (C=O) groups is 2. The Morgan fingerprint density at radius 1 is 0.963 bits per heavy atom. The van der Waals surface area contributed by atoms with Crippen LogP contribution in [0, 0.1) is 11.3 Å². The zero-order valence-corrected chi connectivity index (χ0v) is 16.2. The standard InChI is InChI=1S/C21H12BrClN2O2/c22-15-9-10-17(20(26)16-3-1-2-4-18(16)23)19(11-15)25-21(27)14-7-5-13(12-24)6-8-14/h1-11H,(H,25,27). The largest absolute Gasteiger partial charge is 0.321 e. The first-order valence-corrected chi connectivity index (χ1v) is 9.07. The van der Waals surface area contributed by atoms with E-state index in [-0.39, 0.29) is 11.7 Å². The zero-order chi connectivity index (χ0) is 19.4. The second-order valence-corrected chi connectivity index (χ2v) is 6.97. The van der Waals surface area contributed by atoms with Crippen LogP contribution in [0.25, 0.3) is 0 Å². The second-order valence-electron chi connectivity index (χ2n) is 5.64. The van der Waals surface area contributed by atoms with Gasteiger partial charge >= 0.3 is 0 Å². The number of hydrogen-bond donors (Lipinski definition) is 1. The van der Waals surface area contributed by atoms with Gasteiger partial charge in [-0.15, -0.1) is 0 Å². The summed E-state index contributed by atoms with van der Waals surface area (Å²) in [5, 5.41) is 12.0. The van der Waals surface area contributed by atoms with Crippen molar-refractivity contribution in [3.63, 3.8) is 0 Å². The number of benzene rings is 3. The van der Waals surface area contributed by atoms with E-state index >= 15 is 0 Å². The number of halogens is 2. The van der Waals surface area contributed by atoms with E-state index in [1.54, 1.807) is 66.7 Å². The van der Waals surface area contributed by atoms with Gasteiger partial charge in [-0.1, -0.05) is 39.7 Å². The summed E-state index contributed by atoms with van der Waals surface area (Å²) in [6.07, 6.45) is 0. The van der Waals surface area contributed by atoms with Crippen molar-refractivity contribution < 1.29 is 9.59 Å². The predicted octanol–water partition coefficient (Wildman–Crippen LogP) is 5.46. The van der Waals surface area contributed by atoms with Crippen LogP contribution >= 0.6 is 27.5 Å². The molecule has 0 saturated carbocycles. The average molecular weight is 440 g/mol. The molecule has 0 saturated heterocycles. The normalized spacial score (nSPS) is 10.1. The molecule has 0 fully saturated rings. The van der Waals surface area contributed by atoms with Crippen molar-refractivity contribution in [3.05, 3.63) is 98.5 Å². The van der Waals surface area contributed by atoms with Crippen LogP contribution in [0.1, 0.15) is 31.8 Å². The molecule has 0 heterocycles. The van der Waals surface area contributed by atoms with Gasteiger partial charge in [0.2, 0.25) is 0 Å². The summed E-state index contributed by atoms with van der Waals surface area (Å²) in [6, 6.07) is 20.0. The van der Waals surface area contributed by atoms with Gasteiger partial charge in [-0.25, -0.2) is 0 Å². The van der Waals surface area contributed by atoms with Crippen LogP contribution < -0.4 is 5.32 Å². The third-order valence-corrected chi connectivity index (χ3v) is 4.69. The molecule has 0 atom stereocenters. The fraction of sp³-hybridized carbons (Fsp3) is 0. The lowest BCUT2D eigenvalue weighted by molar-refractivity contribution is 0.102. The van der Waals surface area contributed by atoms with Crippen LogP contribution in [0.4, 0.5) is 5.69 Å². The summed E-state index contributed by atoms with van der Waals surface area (Å²) in [5.41, 5.74) is 1.89. The zero-order valence-electron chi connectivity index (χ0n) is 13.9. The Kier molecular flexibility index (Phi) is 5.70. The molecule has 0 aliphatic rings. The molecule has 132 valence electrons. The Hall–Kier alpha value is -2.94. The van der Waals surface area contributed by atoms with E-state index in [1.807, 2.05) is 6.07 Å². The van der Waals surface area contributed by atoms with Crippen LogP contribution in [0.3, 0.4) is 0 Å². The smallest absolute Gasteiger partial charge is 0.255 e. The number of carbonyl (C=O) groups excluding carboxylic acids is 2. The second kappa shape index (κ2) is 8.17. The molecule has 0 aliphatic heterocycles. The van der Waals surface area contributed by atoms with E-state index in [4.69, 9.17) is 16.9 Å². The average Bonchev–Trinajstić information content (AvgIpc) is 2.68. The van der Waals surface area contributed by atoms with Crippen molar-refractivity contribution >= 4 is 44.9 Å². The minimum atomic E-state index is -0.384. The number of hydrogen-bond acceptors (Lipinski definition) is 3. The van der Waals surface area contributed by atoms with Gasteiger partial charge in [0.15, 0.2) is 5.78 Å². The Morgan fingerprint density at radius 3 is 2.33 bits per heavy atom. The third-order valence-electron chi connectivity index (χ3n) is 3.87. The summed E-state index contributed by atoms with van der Waals surface area (Å²) >= 11 is 9.50. The lowest BCUT2D eigenvalue weighted by Crippen LogP contribution is -2.15. The van der Waals surface area contributed by atoms with Crippen molar-refractivity contribution in [3.8, 4) is 6.07 Å². The Bertz CT molecular complexity index is 1070. The van der Waals surface area contributed by atoms with Gasteiger partial charge in [0, 0.05) is 21.2 Å². The van der Waals surface area contributed by atoms with E-state index in [0.29, 0.717) is 37.4 Å². The number of nitrogens with one attached hydrogen (secondary N) is 1. The molecule has 4 nitrogen and oxygen atoms in total. The van der Waals surface area contributed by atoms with Crippen LogP contribution in [0.2, 0.25) is 5.02 Å². The Balaban J connectivity index is 1.94. The Labute approximate surface area is 169 Å². The molecule has 0 spiro atoms. The van der Waals surface area contributed by atoms with Crippen LogP contribution in [0.5, 0.6) is 0 Å². The summed E-state index contributed by atoms with van der Waals surface area (Å²) < 4.78 is 0.716. The highest BCUT2D eigenvalue weighted by Crippen LogP contribution is 2.27. The van der Waals surface area contributed by atoms with Gasteiger partial charge in [-0.3, -0.25) is 9.59 Å². The lowest BCUT2D eigenvalue weighted by atomic mass is 10.0. The van der Waals surface area contributed by atoms with E-state index in [0.717, 1.165) is 0 Å². The summed E-state index contributed by atoms with van der Waals surface area (Å²) in [5.74, 6) is -0.672. The fourth-order valence-electron chi connectivity index (χ4n) is 2.50. The van der Waals surface area contributed by atoms with Crippen molar-refractivity contribution in [1.82, 2.24) is 0 Å². The monoisotopic (exact) mass is 438 g/mol. The molecular formula is C21H12BrClN2O2. The van der Waals surface area contributed by atoms with Crippen LogP contribution in [-0.2, 0) is 0 Å². The molecule has 1 amide bonds. The number of ketones is 1. The maximum Gasteiger partial charge on any atom is 0.255 e. The summed E-state index contributed by atoms with van der Waals surface area (Å²) in [6.45, 7) is 0. The molecule has 3 rings (SSSR count). The molecule has 0 unspecified atom stereocenters. The van der Waals surface area contributed by atoms with E-state index < -0.39 is 0 Å². The first-order valence-electron chi connectivity index (χ1n) is 7.90. The minimum absolute atomic E-state index is 0.289. The first-order chi connectivity index (χ1) is 13.0. The van der Waals surface area contributed by atoms with Crippen molar-refractivity contribution in [2.24, 2.45) is 0 Å². The van der Waals surface area contributed by atoms with E-state index in [2.05, 4.69) is 21.2 Å². The molecule has 0 bridgehead atoms. The van der Waals surface area contributed by atoms with Gasteiger partial charge in [0.25, 0.3) is 5.91 Å².